The second-order valence-corrected chi connectivity index (χ2v) is 7.54. The van der Waals surface area contributed by atoms with Crippen LogP contribution in [0.15, 0.2) is 24.0 Å². The summed E-state index contributed by atoms with van der Waals surface area (Å²) in [5.41, 5.74) is 5.10. The molecular weight excluding hydrogens is 332 g/mol. The first-order chi connectivity index (χ1) is 12.2. The fourth-order valence-corrected chi connectivity index (χ4v) is 4.27. The average molecular weight is 354 g/mol. The summed E-state index contributed by atoms with van der Waals surface area (Å²) in [5, 5.41) is 0. The smallest absolute Gasteiger partial charge is 0.156 e. The molecule has 0 aliphatic carbocycles. The van der Waals surface area contributed by atoms with Gasteiger partial charge >= 0.3 is 0 Å². The summed E-state index contributed by atoms with van der Waals surface area (Å²) in [6, 6.07) is 2.10. The quantitative estimate of drug-likeness (QED) is 0.778. The number of rotatable bonds is 4. The normalized spacial score (nSPS) is 18.6. The van der Waals surface area contributed by atoms with Crippen molar-refractivity contribution in [2.75, 3.05) is 13.1 Å². The third-order valence-corrected chi connectivity index (χ3v) is 5.65. The van der Waals surface area contributed by atoms with Crippen molar-refractivity contribution in [2.24, 2.45) is 0 Å². The molecule has 1 aliphatic heterocycles. The summed E-state index contributed by atoms with van der Waals surface area (Å²) in [7, 11) is 0. The van der Waals surface area contributed by atoms with Gasteiger partial charge in [-0.2, -0.15) is 0 Å². The van der Waals surface area contributed by atoms with Crippen molar-refractivity contribution in [3.63, 3.8) is 0 Å². The number of aryl methyl sites for hydroxylation is 2. The molecule has 0 unspecified atom stereocenters. The molecule has 0 amide bonds. The molecule has 6 nitrogen and oxygen atoms in total. The Morgan fingerprint density at radius 2 is 2.20 bits per heavy atom. The fourth-order valence-electron chi connectivity index (χ4n) is 3.45. The van der Waals surface area contributed by atoms with Crippen LogP contribution in [0.4, 0.5) is 0 Å². The highest BCUT2D eigenvalue weighted by molar-refractivity contribution is 7.09. The van der Waals surface area contributed by atoms with E-state index in [2.05, 4.69) is 37.8 Å². The topological polar surface area (TPSA) is 70.6 Å². The number of H-pyrrole nitrogens is 1. The number of nitrogens with zero attached hydrogens (tertiary/aromatic N) is 5. The monoisotopic (exact) mass is 354 g/mol. The van der Waals surface area contributed by atoms with Crippen molar-refractivity contribution in [1.82, 2.24) is 29.8 Å². The maximum atomic E-state index is 4.73. The molecule has 7 heteroatoms. The van der Waals surface area contributed by atoms with E-state index >= 15 is 0 Å². The van der Waals surface area contributed by atoms with Crippen molar-refractivity contribution < 1.29 is 0 Å². The maximum absolute atomic E-state index is 4.73. The number of hydrogen-bond donors (Lipinski definition) is 1. The zero-order chi connectivity index (χ0) is 17.2. The summed E-state index contributed by atoms with van der Waals surface area (Å²) in [6.45, 7) is 7.21. The number of aromatic nitrogens is 5. The molecule has 1 atom stereocenters. The lowest BCUT2D eigenvalue weighted by molar-refractivity contribution is 0.199. The molecule has 1 N–H and O–H groups in total. The third-order valence-electron chi connectivity index (χ3n) is 4.73. The van der Waals surface area contributed by atoms with Crippen LogP contribution in [0, 0.1) is 13.8 Å². The summed E-state index contributed by atoms with van der Waals surface area (Å²) in [5.74, 6) is 2.05. The molecule has 0 saturated carbocycles. The van der Waals surface area contributed by atoms with Crippen LogP contribution in [0.2, 0.25) is 0 Å². The first-order valence-corrected chi connectivity index (χ1v) is 9.53. The van der Waals surface area contributed by atoms with E-state index in [4.69, 9.17) is 4.98 Å². The van der Waals surface area contributed by atoms with Crippen LogP contribution in [-0.2, 0) is 6.54 Å². The number of nitrogens with one attached hydrogen (secondary N) is 1. The number of hydrogen-bond acceptors (Lipinski definition) is 6. The standard InChI is InChI=1S/C18H22N6S/c1-12-17(25-11-21-12)10-24-7-3-4-14(9-24)15-8-16(23-13(2)22-15)18-19-5-6-20-18/h5-6,8,11,14H,3-4,7,9-10H2,1-2H3,(H,19,20)/t14-/m0/s1. The first-order valence-electron chi connectivity index (χ1n) is 8.65. The largest absolute Gasteiger partial charge is 0.343 e. The Balaban J connectivity index is 1.54. The average Bonchev–Trinajstić information content (AvgIpc) is 3.27. The first kappa shape index (κ1) is 16.4. The Morgan fingerprint density at radius 3 is 2.96 bits per heavy atom. The molecule has 130 valence electrons. The van der Waals surface area contributed by atoms with E-state index in [0.29, 0.717) is 5.92 Å². The number of piperidine rings is 1. The van der Waals surface area contributed by atoms with Gasteiger partial charge in [-0.25, -0.2) is 19.9 Å². The van der Waals surface area contributed by atoms with E-state index < -0.39 is 0 Å². The van der Waals surface area contributed by atoms with Gasteiger partial charge in [0, 0.05) is 42.0 Å². The number of likely N-dealkylation sites (tertiary alicyclic amines) is 1. The van der Waals surface area contributed by atoms with Gasteiger partial charge < -0.3 is 4.98 Å². The molecule has 0 bridgehead atoms. The zero-order valence-electron chi connectivity index (χ0n) is 14.6. The molecular formula is C18H22N6S. The van der Waals surface area contributed by atoms with E-state index in [9.17, 15) is 0 Å². The lowest BCUT2D eigenvalue weighted by Crippen LogP contribution is -2.34. The van der Waals surface area contributed by atoms with Gasteiger partial charge in [-0.15, -0.1) is 11.3 Å². The van der Waals surface area contributed by atoms with Crippen LogP contribution < -0.4 is 0 Å². The predicted octanol–water partition coefficient (Wildman–Crippen LogP) is 3.32. The van der Waals surface area contributed by atoms with E-state index in [1.807, 2.05) is 18.6 Å². The summed E-state index contributed by atoms with van der Waals surface area (Å²) >= 11 is 1.75. The van der Waals surface area contributed by atoms with Gasteiger partial charge in [0.2, 0.25) is 0 Å². The molecule has 1 aliphatic rings. The van der Waals surface area contributed by atoms with E-state index in [0.717, 1.165) is 48.4 Å². The fraction of sp³-hybridized carbons (Fsp3) is 0.444. The lowest BCUT2D eigenvalue weighted by Gasteiger charge is -2.32. The Bertz CT molecular complexity index is 841. The Kier molecular flexibility index (Phi) is 4.59. The van der Waals surface area contributed by atoms with Crippen LogP contribution in [0.25, 0.3) is 11.5 Å². The van der Waals surface area contributed by atoms with Crippen molar-refractivity contribution in [2.45, 2.75) is 39.2 Å². The van der Waals surface area contributed by atoms with Crippen molar-refractivity contribution in [1.29, 1.82) is 0 Å². The Hall–Kier alpha value is -2.12. The van der Waals surface area contributed by atoms with Gasteiger partial charge in [0.25, 0.3) is 0 Å². The number of imidazole rings is 1. The summed E-state index contributed by atoms with van der Waals surface area (Å²) in [4.78, 5) is 25.0. The molecule has 4 heterocycles. The molecule has 25 heavy (non-hydrogen) atoms. The van der Waals surface area contributed by atoms with Crippen molar-refractivity contribution in [3.8, 4) is 11.5 Å². The van der Waals surface area contributed by atoms with E-state index in [-0.39, 0.29) is 0 Å². The minimum Gasteiger partial charge on any atom is -0.343 e. The van der Waals surface area contributed by atoms with Gasteiger partial charge in [-0.1, -0.05) is 0 Å². The molecule has 3 aromatic heterocycles. The minimum atomic E-state index is 0.442. The summed E-state index contributed by atoms with van der Waals surface area (Å²) < 4.78 is 0. The van der Waals surface area contributed by atoms with Crippen LogP contribution >= 0.6 is 11.3 Å². The van der Waals surface area contributed by atoms with Crippen LogP contribution in [0.5, 0.6) is 0 Å². The van der Waals surface area contributed by atoms with E-state index in [1.54, 1.807) is 17.5 Å². The van der Waals surface area contributed by atoms with Gasteiger partial charge in [-0.05, 0) is 39.3 Å². The molecule has 1 saturated heterocycles. The van der Waals surface area contributed by atoms with Crippen molar-refractivity contribution >= 4 is 11.3 Å². The van der Waals surface area contributed by atoms with Gasteiger partial charge in [0.15, 0.2) is 5.82 Å². The van der Waals surface area contributed by atoms with Gasteiger partial charge in [0.1, 0.15) is 11.5 Å². The molecule has 0 aromatic carbocycles. The Morgan fingerprint density at radius 1 is 1.28 bits per heavy atom. The minimum absolute atomic E-state index is 0.442. The molecule has 0 radical (unpaired) electrons. The van der Waals surface area contributed by atoms with Crippen molar-refractivity contribution in [3.05, 3.63) is 46.1 Å². The third kappa shape index (κ3) is 3.62. The predicted molar refractivity (Wildman–Crippen MR) is 98.5 cm³/mol. The van der Waals surface area contributed by atoms with Gasteiger partial charge in [-0.3, -0.25) is 4.90 Å². The molecule has 3 aromatic rings. The summed E-state index contributed by atoms with van der Waals surface area (Å²) in [6.07, 6.45) is 5.95. The highest BCUT2D eigenvalue weighted by Gasteiger charge is 2.24. The van der Waals surface area contributed by atoms with E-state index in [1.165, 1.54) is 17.7 Å². The second kappa shape index (κ2) is 7.01. The van der Waals surface area contributed by atoms with Gasteiger partial charge in [0.05, 0.1) is 11.2 Å². The number of thiazole rings is 1. The lowest BCUT2D eigenvalue weighted by atomic mass is 9.94. The van der Waals surface area contributed by atoms with Crippen LogP contribution in [0.1, 0.15) is 40.8 Å². The molecule has 1 fully saturated rings. The van der Waals surface area contributed by atoms with Crippen LogP contribution in [-0.4, -0.2) is 42.9 Å². The second-order valence-electron chi connectivity index (χ2n) is 6.60. The molecule has 4 rings (SSSR count). The SMILES string of the molecule is Cc1nc(-c2ncc[nH]2)cc([C@H]2CCCN(Cc3scnc3C)C2)n1. The molecule has 0 spiro atoms. The number of aromatic amines is 1. The highest BCUT2D eigenvalue weighted by atomic mass is 32.1. The maximum Gasteiger partial charge on any atom is 0.156 e. The Labute approximate surface area is 151 Å². The van der Waals surface area contributed by atoms with Crippen LogP contribution in [0.3, 0.4) is 0 Å². The zero-order valence-corrected chi connectivity index (χ0v) is 15.4. The highest BCUT2D eigenvalue weighted by Crippen LogP contribution is 2.29.